The maximum atomic E-state index is 14.5. The summed E-state index contributed by atoms with van der Waals surface area (Å²) in [5.41, 5.74) is 1.92. The summed E-state index contributed by atoms with van der Waals surface area (Å²) in [6, 6.07) is 9.78. The largest absolute Gasteiger partial charge is 0.369 e. The number of carbonyl (C=O) groups is 1. The number of nitrogens with zero attached hydrogens (tertiary/aromatic N) is 1. The number of allylic oxidation sites excluding steroid dienone is 4. The van der Waals surface area contributed by atoms with Gasteiger partial charge in [0.05, 0.1) is 12.2 Å². The Morgan fingerprint density at radius 3 is 2.40 bits per heavy atom. The van der Waals surface area contributed by atoms with Crippen LogP contribution in [0.2, 0.25) is 0 Å². The van der Waals surface area contributed by atoms with E-state index in [-0.39, 0.29) is 17.9 Å². The van der Waals surface area contributed by atoms with E-state index in [0.29, 0.717) is 26.0 Å². The van der Waals surface area contributed by atoms with Crippen molar-refractivity contribution in [2.75, 3.05) is 13.2 Å². The van der Waals surface area contributed by atoms with Gasteiger partial charge in [-0.1, -0.05) is 53.6 Å². The van der Waals surface area contributed by atoms with Crippen molar-refractivity contribution in [2.24, 2.45) is 0 Å². The van der Waals surface area contributed by atoms with E-state index in [1.54, 1.807) is 0 Å². The van der Waals surface area contributed by atoms with Crippen molar-refractivity contribution in [3.05, 3.63) is 59.2 Å². The Labute approximate surface area is 213 Å². The Hall–Kier alpha value is -1.52. The van der Waals surface area contributed by atoms with E-state index in [4.69, 9.17) is 9.26 Å². The molecule has 0 aliphatic carbocycles. The Morgan fingerprint density at radius 2 is 1.80 bits per heavy atom. The molecular formula is C29H46NO4P. The molecule has 5 nitrogen and oxygen atoms in total. The van der Waals surface area contributed by atoms with E-state index < -0.39 is 18.8 Å². The molecule has 1 fully saturated rings. The van der Waals surface area contributed by atoms with Gasteiger partial charge in [-0.05, 0) is 86.6 Å². The van der Waals surface area contributed by atoms with Crippen molar-refractivity contribution in [1.82, 2.24) is 4.67 Å². The maximum Gasteiger partial charge on any atom is 0.283 e. The minimum atomic E-state index is -3.43. The van der Waals surface area contributed by atoms with Gasteiger partial charge in [-0.2, -0.15) is 0 Å². The van der Waals surface area contributed by atoms with E-state index in [1.807, 2.05) is 69.6 Å². The van der Waals surface area contributed by atoms with Gasteiger partial charge in [0.15, 0.2) is 5.78 Å². The molecule has 1 saturated heterocycles. The van der Waals surface area contributed by atoms with E-state index in [0.717, 1.165) is 18.4 Å². The molecule has 6 heteroatoms. The van der Waals surface area contributed by atoms with E-state index in [1.165, 1.54) is 11.1 Å². The van der Waals surface area contributed by atoms with Crippen molar-refractivity contribution in [3.8, 4) is 0 Å². The van der Waals surface area contributed by atoms with Crippen molar-refractivity contribution >= 4 is 13.3 Å². The fraction of sp³-hybridized carbons (Fsp3) is 0.621. The highest BCUT2D eigenvalue weighted by atomic mass is 31.2. The van der Waals surface area contributed by atoms with Crippen LogP contribution in [0.15, 0.2) is 53.6 Å². The van der Waals surface area contributed by atoms with Gasteiger partial charge in [0.1, 0.15) is 12.3 Å². The molecule has 196 valence electrons. The van der Waals surface area contributed by atoms with Gasteiger partial charge in [0.25, 0.3) is 7.52 Å². The fourth-order valence-electron chi connectivity index (χ4n) is 4.40. The molecule has 0 spiro atoms. The van der Waals surface area contributed by atoms with Crippen LogP contribution in [0.3, 0.4) is 0 Å². The summed E-state index contributed by atoms with van der Waals surface area (Å²) in [6.07, 6.45) is 7.57. The Kier molecular flexibility index (Phi) is 10.7. The van der Waals surface area contributed by atoms with Gasteiger partial charge >= 0.3 is 0 Å². The van der Waals surface area contributed by atoms with Crippen molar-refractivity contribution in [1.29, 1.82) is 0 Å². The second kappa shape index (κ2) is 12.6. The summed E-state index contributed by atoms with van der Waals surface area (Å²) in [6.45, 7) is 17.1. The first-order chi connectivity index (χ1) is 16.2. The third-order valence-electron chi connectivity index (χ3n) is 6.16. The SMILES string of the molecule is CC(C)=CCC/C(C)=C/CCC(C(=O)COCc1ccccc1)P1(=O)OC(C)(C)CN1C(C)(C)C. The van der Waals surface area contributed by atoms with Crippen LogP contribution in [0, 0.1) is 0 Å². The molecule has 2 rings (SSSR count). The van der Waals surface area contributed by atoms with E-state index in [2.05, 4.69) is 32.9 Å². The topological polar surface area (TPSA) is 55.8 Å². The van der Waals surface area contributed by atoms with Crippen LogP contribution >= 0.6 is 7.52 Å². The van der Waals surface area contributed by atoms with Gasteiger partial charge in [0, 0.05) is 12.1 Å². The molecule has 0 radical (unpaired) electrons. The molecule has 35 heavy (non-hydrogen) atoms. The maximum absolute atomic E-state index is 14.5. The molecule has 0 bridgehead atoms. The first-order valence-electron chi connectivity index (χ1n) is 12.8. The van der Waals surface area contributed by atoms with Crippen molar-refractivity contribution < 1.29 is 18.6 Å². The minimum absolute atomic E-state index is 0.0748. The zero-order valence-corrected chi connectivity index (χ0v) is 24.0. The lowest BCUT2D eigenvalue weighted by molar-refractivity contribution is -0.124. The molecule has 0 N–H and O–H groups in total. The molecule has 0 aromatic heterocycles. The zero-order chi connectivity index (χ0) is 26.3. The van der Waals surface area contributed by atoms with Crippen LogP contribution in [-0.2, 0) is 25.2 Å². The van der Waals surface area contributed by atoms with Crippen LogP contribution in [-0.4, -0.2) is 40.4 Å². The van der Waals surface area contributed by atoms with Crippen LogP contribution in [0.1, 0.15) is 86.6 Å². The van der Waals surface area contributed by atoms with Gasteiger partial charge in [-0.3, -0.25) is 9.36 Å². The minimum Gasteiger partial charge on any atom is -0.369 e. The Bertz CT molecular complexity index is 939. The van der Waals surface area contributed by atoms with Gasteiger partial charge < -0.3 is 9.26 Å². The van der Waals surface area contributed by atoms with Crippen molar-refractivity contribution in [3.63, 3.8) is 0 Å². The highest BCUT2D eigenvalue weighted by molar-refractivity contribution is 7.58. The summed E-state index contributed by atoms with van der Waals surface area (Å²) in [7, 11) is -3.43. The smallest absolute Gasteiger partial charge is 0.283 e. The average Bonchev–Trinajstić information content (AvgIpc) is 3.01. The molecule has 1 aliphatic heterocycles. The summed E-state index contributed by atoms with van der Waals surface area (Å²) < 4.78 is 28.5. The summed E-state index contributed by atoms with van der Waals surface area (Å²) in [5, 5.41) is 0. The van der Waals surface area contributed by atoms with Crippen LogP contribution in [0.5, 0.6) is 0 Å². The van der Waals surface area contributed by atoms with Gasteiger partial charge in [0.2, 0.25) is 0 Å². The fourth-order valence-corrected chi connectivity index (χ4v) is 8.02. The summed E-state index contributed by atoms with van der Waals surface area (Å²) in [4.78, 5) is 13.5. The first kappa shape index (κ1) is 29.7. The van der Waals surface area contributed by atoms with Gasteiger partial charge in [-0.25, -0.2) is 4.67 Å². The number of hydrogen-bond donors (Lipinski definition) is 0. The second-order valence-electron chi connectivity index (χ2n) is 11.6. The van der Waals surface area contributed by atoms with Crippen LogP contribution < -0.4 is 0 Å². The highest BCUT2D eigenvalue weighted by Gasteiger charge is 2.56. The first-order valence-corrected chi connectivity index (χ1v) is 14.4. The molecular weight excluding hydrogens is 457 g/mol. The third-order valence-corrected chi connectivity index (χ3v) is 9.67. The number of benzene rings is 1. The Balaban J connectivity index is 2.20. The lowest BCUT2D eigenvalue weighted by atomic mass is 10.1. The normalized spacial score (nSPS) is 21.7. The summed E-state index contributed by atoms with van der Waals surface area (Å²) >= 11 is 0. The van der Waals surface area contributed by atoms with E-state index >= 15 is 0 Å². The molecule has 2 unspecified atom stereocenters. The number of rotatable bonds is 12. The third kappa shape index (κ3) is 9.13. The predicted molar refractivity (Wildman–Crippen MR) is 146 cm³/mol. The van der Waals surface area contributed by atoms with Crippen LogP contribution in [0.25, 0.3) is 0 Å². The zero-order valence-electron chi connectivity index (χ0n) is 23.1. The number of ether oxygens (including phenoxy) is 1. The monoisotopic (exact) mass is 503 g/mol. The van der Waals surface area contributed by atoms with Crippen LogP contribution in [0.4, 0.5) is 0 Å². The lowest BCUT2D eigenvalue weighted by Crippen LogP contribution is -2.42. The number of Topliss-reactive ketones (excluding diaryl/α,β-unsaturated/α-hetero) is 1. The van der Waals surface area contributed by atoms with Crippen molar-refractivity contribution in [2.45, 2.75) is 104 Å². The molecule has 2 atom stereocenters. The standard InChI is InChI=1S/C29H46NO4P/c1-23(2)14-12-15-24(3)16-13-19-27(26(31)21-33-20-25-17-10-9-11-18-25)35(32)30(28(4,5)6)22-29(7,8)34-35/h9-11,14,16-18,27H,12-13,15,19-22H2,1-8H3/b24-16+. The molecule has 1 aromatic rings. The number of hydrogen-bond acceptors (Lipinski definition) is 4. The van der Waals surface area contributed by atoms with E-state index in [9.17, 15) is 9.36 Å². The second-order valence-corrected chi connectivity index (χ2v) is 14.0. The molecule has 0 amide bonds. The summed E-state index contributed by atoms with van der Waals surface area (Å²) in [5.74, 6) is -0.146. The molecule has 1 heterocycles. The molecule has 1 aromatic carbocycles. The van der Waals surface area contributed by atoms with Gasteiger partial charge in [-0.15, -0.1) is 0 Å². The number of carbonyl (C=O) groups excluding carboxylic acids is 1. The molecule has 0 saturated carbocycles. The Morgan fingerprint density at radius 1 is 1.14 bits per heavy atom. The quantitative estimate of drug-likeness (QED) is 0.216. The average molecular weight is 504 g/mol. The number of ketones is 1. The highest BCUT2D eigenvalue weighted by Crippen LogP contribution is 2.66. The lowest BCUT2D eigenvalue weighted by Gasteiger charge is -2.37. The predicted octanol–water partition coefficient (Wildman–Crippen LogP) is 7.72. The molecule has 1 aliphatic rings.